The Balaban J connectivity index is 2.51. The highest BCUT2D eigenvalue weighted by molar-refractivity contribution is 5.80. The quantitative estimate of drug-likeness (QED) is 0.572. The van der Waals surface area contributed by atoms with Crippen molar-refractivity contribution in [3.05, 3.63) is 17.0 Å². The third-order valence-corrected chi connectivity index (χ3v) is 3.72. The van der Waals surface area contributed by atoms with E-state index in [-0.39, 0.29) is 0 Å². The first-order chi connectivity index (χ1) is 10.4. The fourth-order valence-corrected chi connectivity index (χ4v) is 2.35. The van der Waals surface area contributed by atoms with E-state index < -0.39 is 0 Å². The molecule has 1 rings (SSSR count). The molecule has 0 aliphatic heterocycles. The largest absolute Gasteiger partial charge is 0.361 e. The van der Waals surface area contributed by atoms with Gasteiger partial charge in [0.05, 0.1) is 5.69 Å². The van der Waals surface area contributed by atoms with E-state index in [2.05, 4.69) is 48.5 Å². The lowest BCUT2D eigenvalue weighted by atomic mass is 10.0. The molecule has 1 aromatic heterocycles. The number of aliphatic imine (C=N–C) groups is 1. The normalized spacial score (nSPS) is 13.5. The minimum atomic E-state index is 0.430. The molecule has 2 N–H and O–H groups in total. The molecule has 5 nitrogen and oxygen atoms in total. The number of rotatable bonds is 8. The molecule has 0 fully saturated rings. The van der Waals surface area contributed by atoms with Gasteiger partial charge in [-0.3, -0.25) is 4.99 Å². The van der Waals surface area contributed by atoms with Crippen molar-refractivity contribution in [1.29, 1.82) is 0 Å². The molecule has 0 aliphatic rings. The van der Waals surface area contributed by atoms with E-state index in [9.17, 15) is 0 Å². The molecule has 0 saturated heterocycles. The van der Waals surface area contributed by atoms with Gasteiger partial charge in [-0.2, -0.15) is 0 Å². The predicted molar refractivity (Wildman–Crippen MR) is 92.3 cm³/mol. The minimum absolute atomic E-state index is 0.430. The summed E-state index contributed by atoms with van der Waals surface area (Å²) in [6.45, 7) is 14.4. The van der Waals surface area contributed by atoms with Crippen LogP contribution in [0.4, 0.5) is 0 Å². The van der Waals surface area contributed by atoms with Gasteiger partial charge in [0.25, 0.3) is 0 Å². The maximum Gasteiger partial charge on any atom is 0.191 e. The highest BCUT2D eigenvalue weighted by Gasteiger charge is 2.09. The van der Waals surface area contributed by atoms with Crippen LogP contribution < -0.4 is 10.6 Å². The lowest BCUT2D eigenvalue weighted by Gasteiger charge is -2.18. The average molecular weight is 308 g/mol. The van der Waals surface area contributed by atoms with E-state index >= 15 is 0 Å². The summed E-state index contributed by atoms with van der Waals surface area (Å²) < 4.78 is 5.19. The molecule has 1 atom stereocenters. The topological polar surface area (TPSA) is 62.5 Å². The van der Waals surface area contributed by atoms with Crippen molar-refractivity contribution < 1.29 is 4.52 Å². The molecule has 1 aromatic rings. The van der Waals surface area contributed by atoms with Crippen LogP contribution >= 0.6 is 0 Å². The van der Waals surface area contributed by atoms with Gasteiger partial charge in [-0.15, -0.1) is 0 Å². The Morgan fingerprint density at radius 1 is 1.23 bits per heavy atom. The fourth-order valence-electron chi connectivity index (χ4n) is 2.35. The second-order valence-electron chi connectivity index (χ2n) is 6.33. The Hall–Kier alpha value is -1.52. The van der Waals surface area contributed by atoms with Crippen molar-refractivity contribution in [2.45, 2.75) is 66.8 Å². The Labute approximate surface area is 135 Å². The molecule has 0 aromatic carbocycles. The van der Waals surface area contributed by atoms with Crippen LogP contribution in [0.3, 0.4) is 0 Å². The molecule has 5 heteroatoms. The predicted octanol–water partition coefficient (Wildman–Crippen LogP) is 3.21. The molecule has 0 amide bonds. The summed E-state index contributed by atoms with van der Waals surface area (Å²) in [4.78, 5) is 4.66. The summed E-state index contributed by atoms with van der Waals surface area (Å²) in [6.07, 6.45) is 3.25. The van der Waals surface area contributed by atoms with Gasteiger partial charge in [-0.25, -0.2) is 0 Å². The van der Waals surface area contributed by atoms with E-state index in [1.54, 1.807) is 0 Å². The summed E-state index contributed by atoms with van der Waals surface area (Å²) in [5.41, 5.74) is 2.14. The number of hydrogen-bond acceptors (Lipinski definition) is 3. The van der Waals surface area contributed by atoms with E-state index in [0.717, 1.165) is 49.3 Å². The third kappa shape index (κ3) is 6.50. The molecular formula is C17H32N4O. The van der Waals surface area contributed by atoms with Crippen LogP contribution in [-0.4, -0.2) is 30.2 Å². The van der Waals surface area contributed by atoms with Crippen molar-refractivity contribution in [1.82, 2.24) is 15.8 Å². The number of aryl methyl sites for hydroxylation is 2. The first-order valence-corrected chi connectivity index (χ1v) is 8.40. The van der Waals surface area contributed by atoms with Crippen molar-refractivity contribution >= 4 is 5.96 Å². The van der Waals surface area contributed by atoms with Gasteiger partial charge >= 0.3 is 0 Å². The van der Waals surface area contributed by atoms with Crippen LogP contribution in [-0.2, 0) is 6.42 Å². The maximum absolute atomic E-state index is 5.19. The third-order valence-electron chi connectivity index (χ3n) is 3.72. The van der Waals surface area contributed by atoms with Crippen LogP contribution in [0.15, 0.2) is 9.52 Å². The van der Waals surface area contributed by atoms with Gasteiger partial charge in [-0.05, 0) is 52.9 Å². The van der Waals surface area contributed by atoms with E-state index in [1.165, 1.54) is 12.0 Å². The number of nitrogens with one attached hydrogen (secondary N) is 2. The maximum atomic E-state index is 5.19. The highest BCUT2D eigenvalue weighted by atomic mass is 16.5. The summed E-state index contributed by atoms with van der Waals surface area (Å²) in [6, 6.07) is 0.430. The smallest absolute Gasteiger partial charge is 0.191 e. The Kier molecular flexibility index (Phi) is 7.99. The average Bonchev–Trinajstić information content (AvgIpc) is 2.77. The lowest BCUT2D eigenvalue weighted by Crippen LogP contribution is -2.42. The number of aromatic nitrogens is 1. The van der Waals surface area contributed by atoms with Gasteiger partial charge in [0, 0.05) is 24.7 Å². The van der Waals surface area contributed by atoms with Gasteiger partial charge in [0.15, 0.2) is 5.96 Å². The molecule has 1 unspecified atom stereocenters. The second kappa shape index (κ2) is 9.49. The summed E-state index contributed by atoms with van der Waals surface area (Å²) in [5.74, 6) is 2.53. The van der Waals surface area contributed by atoms with E-state index in [0.29, 0.717) is 6.04 Å². The molecule has 1 heterocycles. The summed E-state index contributed by atoms with van der Waals surface area (Å²) >= 11 is 0. The minimum Gasteiger partial charge on any atom is -0.361 e. The molecule has 22 heavy (non-hydrogen) atoms. The second-order valence-corrected chi connectivity index (χ2v) is 6.33. The van der Waals surface area contributed by atoms with Gasteiger partial charge in [0.2, 0.25) is 0 Å². The molecule has 0 spiro atoms. The number of nitrogens with zero attached hydrogens (tertiary/aromatic N) is 2. The standard InChI is InChI=1S/C17H32N4O/c1-7-18-17(20-13(4)9-8-12(2)3)19-11-10-16-14(5)21-22-15(16)6/h12-13H,7-11H2,1-6H3,(H2,18,19,20). The van der Waals surface area contributed by atoms with Crippen molar-refractivity contribution in [3.63, 3.8) is 0 Å². The zero-order chi connectivity index (χ0) is 16.5. The van der Waals surface area contributed by atoms with Crippen molar-refractivity contribution in [2.24, 2.45) is 10.9 Å². The van der Waals surface area contributed by atoms with E-state index in [4.69, 9.17) is 4.52 Å². The van der Waals surface area contributed by atoms with Crippen LogP contribution in [0.2, 0.25) is 0 Å². The van der Waals surface area contributed by atoms with Gasteiger partial charge in [-0.1, -0.05) is 19.0 Å². The molecule has 0 bridgehead atoms. The van der Waals surface area contributed by atoms with Crippen molar-refractivity contribution in [3.8, 4) is 0 Å². The summed E-state index contributed by atoms with van der Waals surface area (Å²) in [7, 11) is 0. The molecule has 0 radical (unpaired) electrons. The first kappa shape index (κ1) is 18.5. The Bertz CT molecular complexity index is 446. The van der Waals surface area contributed by atoms with Crippen LogP contribution in [0, 0.1) is 19.8 Å². The molecule has 0 aliphatic carbocycles. The molecule has 126 valence electrons. The number of guanidine groups is 1. The lowest BCUT2D eigenvalue weighted by molar-refractivity contribution is 0.392. The van der Waals surface area contributed by atoms with Gasteiger partial charge < -0.3 is 15.2 Å². The fraction of sp³-hybridized carbons (Fsp3) is 0.765. The van der Waals surface area contributed by atoms with Crippen molar-refractivity contribution in [2.75, 3.05) is 13.1 Å². The van der Waals surface area contributed by atoms with E-state index in [1.807, 2.05) is 13.8 Å². The van der Waals surface area contributed by atoms with Gasteiger partial charge in [0.1, 0.15) is 5.76 Å². The monoisotopic (exact) mass is 308 g/mol. The number of hydrogen-bond donors (Lipinski definition) is 2. The zero-order valence-corrected chi connectivity index (χ0v) is 15.0. The first-order valence-electron chi connectivity index (χ1n) is 8.40. The van der Waals surface area contributed by atoms with Crippen LogP contribution in [0.1, 0.15) is 57.6 Å². The highest BCUT2D eigenvalue weighted by Crippen LogP contribution is 2.12. The molecule has 0 saturated carbocycles. The SMILES string of the molecule is CCNC(=NCCc1c(C)noc1C)NC(C)CCC(C)C. The zero-order valence-electron chi connectivity index (χ0n) is 15.0. The van der Waals surface area contributed by atoms with Crippen LogP contribution in [0.25, 0.3) is 0 Å². The summed E-state index contributed by atoms with van der Waals surface area (Å²) in [5, 5.41) is 10.8. The van der Waals surface area contributed by atoms with Crippen LogP contribution in [0.5, 0.6) is 0 Å². The molecular weight excluding hydrogens is 276 g/mol. The Morgan fingerprint density at radius 2 is 1.95 bits per heavy atom. The Morgan fingerprint density at radius 3 is 2.50 bits per heavy atom.